The van der Waals surface area contributed by atoms with E-state index in [-0.39, 0.29) is 34.2 Å². The lowest BCUT2D eigenvalue weighted by molar-refractivity contribution is -0.150. The Hall–Kier alpha value is -3.98. The van der Waals surface area contributed by atoms with Crippen LogP contribution in [0, 0.1) is 0 Å². The van der Waals surface area contributed by atoms with Crippen LogP contribution in [-0.4, -0.2) is 110 Å². The number of amides is 3. The van der Waals surface area contributed by atoms with Crippen LogP contribution >= 0.6 is 35.1 Å². The van der Waals surface area contributed by atoms with Crippen LogP contribution in [0.25, 0.3) is 0 Å². The Morgan fingerprint density at radius 3 is 2.68 bits per heavy atom. The van der Waals surface area contributed by atoms with Gasteiger partial charge < -0.3 is 31.0 Å². The van der Waals surface area contributed by atoms with E-state index in [0.29, 0.717) is 36.0 Å². The van der Waals surface area contributed by atoms with Crippen molar-refractivity contribution in [1.29, 1.82) is 0 Å². The lowest BCUT2D eigenvalue weighted by Gasteiger charge is -2.49. The van der Waals surface area contributed by atoms with E-state index in [0.717, 1.165) is 37.2 Å². The van der Waals surface area contributed by atoms with Crippen LogP contribution < -0.4 is 16.4 Å². The number of thioether (sulfide) groups is 2. The molecule has 2 aliphatic heterocycles. The number of hydrogen-bond acceptors (Lipinski definition) is 16. The van der Waals surface area contributed by atoms with E-state index in [2.05, 4.69) is 40.7 Å². The zero-order chi connectivity index (χ0) is 33.7. The van der Waals surface area contributed by atoms with Crippen LogP contribution in [0.5, 0.6) is 0 Å². The van der Waals surface area contributed by atoms with Gasteiger partial charge in [0.05, 0.1) is 0 Å². The topological polar surface area (TPSA) is 242 Å². The summed E-state index contributed by atoms with van der Waals surface area (Å²) in [5.74, 6) is -2.06. The van der Waals surface area contributed by atoms with E-state index in [1.165, 1.54) is 28.4 Å². The summed E-state index contributed by atoms with van der Waals surface area (Å²) >= 11 is 3.46. The van der Waals surface area contributed by atoms with Crippen molar-refractivity contribution in [2.45, 2.75) is 87.7 Å². The van der Waals surface area contributed by atoms with Gasteiger partial charge in [-0.3, -0.25) is 14.5 Å². The SMILES string of the molecule is CC(C)(C)OC(=O)NCCCn1nnnc1SCC1=C(C(=O)O)N2C(=O)C(NC(=O)C(=NOC3CCCC3)c3nsc(N)n3)[C@@H]2SC1. The third-order valence-electron chi connectivity index (χ3n) is 7.09. The molecule has 21 heteroatoms. The number of tetrazole rings is 1. The molecule has 5 rings (SSSR count). The Labute approximate surface area is 281 Å². The molecule has 254 valence electrons. The summed E-state index contributed by atoms with van der Waals surface area (Å²) in [6, 6.07) is -0.995. The molecule has 3 amide bonds. The molecule has 2 aromatic rings. The quantitative estimate of drug-likeness (QED) is 0.0751. The first-order chi connectivity index (χ1) is 22.4. The molecular weight excluding hydrogens is 675 g/mol. The zero-order valence-corrected chi connectivity index (χ0v) is 28.3. The Morgan fingerprint density at radius 1 is 1.23 bits per heavy atom. The molecule has 2 fully saturated rings. The van der Waals surface area contributed by atoms with E-state index < -0.39 is 40.9 Å². The van der Waals surface area contributed by atoms with Crippen molar-refractivity contribution in [1.82, 2.24) is 45.1 Å². The van der Waals surface area contributed by atoms with Gasteiger partial charge in [-0.05, 0) is 68.9 Å². The number of alkyl carbamates (subject to hydrolysis) is 1. The molecule has 0 bridgehead atoms. The fraction of sp³-hybridized carbons (Fsp3) is 0.615. The Bertz CT molecular complexity index is 1560. The van der Waals surface area contributed by atoms with E-state index in [1.807, 2.05) is 0 Å². The maximum absolute atomic E-state index is 13.3. The molecule has 1 aliphatic carbocycles. The van der Waals surface area contributed by atoms with Gasteiger partial charge in [-0.25, -0.2) is 14.3 Å². The monoisotopic (exact) mass is 709 g/mol. The van der Waals surface area contributed by atoms with E-state index in [9.17, 15) is 24.3 Å². The number of anilines is 1. The number of nitrogens with one attached hydrogen (secondary N) is 2. The number of aryl methyl sites for hydroxylation is 1. The number of aliphatic carboxylic acids is 1. The molecule has 1 saturated heterocycles. The van der Waals surface area contributed by atoms with Gasteiger partial charge in [-0.15, -0.1) is 16.9 Å². The number of nitrogens with zero attached hydrogens (tertiary/aromatic N) is 8. The highest BCUT2D eigenvalue weighted by atomic mass is 32.2. The third kappa shape index (κ3) is 8.49. The molecule has 1 unspecified atom stereocenters. The second kappa shape index (κ2) is 14.8. The van der Waals surface area contributed by atoms with Gasteiger partial charge in [0.15, 0.2) is 5.13 Å². The predicted octanol–water partition coefficient (Wildman–Crippen LogP) is 1.22. The molecule has 0 radical (unpaired) electrons. The van der Waals surface area contributed by atoms with Gasteiger partial charge in [-0.1, -0.05) is 16.9 Å². The average molecular weight is 710 g/mol. The standard InChI is InChI=1S/C26H35N11O7S3/c1-26(2,3)43-25(42)28-9-6-10-36-24(31-34-35-36)46-12-13-11-45-21-16(20(39)37(21)17(13)22(40)41)29-19(38)15(18-30-23(27)47-33-18)32-44-14-7-4-5-8-14/h14,16,21H,4-12H2,1-3H3,(H,28,42)(H,29,38)(H,40,41)(H2,27,30,33)/t16?,21-/m0/s1. The van der Waals surface area contributed by atoms with Crippen LogP contribution in [0.2, 0.25) is 0 Å². The molecule has 0 spiro atoms. The van der Waals surface area contributed by atoms with Crippen molar-refractivity contribution < 1.29 is 33.9 Å². The Kier molecular flexibility index (Phi) is 10.8. The number of rotatable bonds is 13. The number of carboxylic acid groups (broad SMARTS) is 1. The van der Waals surface area contributed by atoms with Crippen molar-refractivity contribution in [2.75, 3.05) is 23.8 Å². The molecule has 5 N–H and O–H groups in total. The summed E-state index contributed by atoms with van der Waals surface area (Å²) in [6.45, 7) is 6.08. The molecule has 2 aromatic heterocycles. The number of β-lactam (4-membered cyclic amide) rings is 1. The molecule has 47 heavy (non-hydrogen) atoms. The highest BCUT2D eigenvalue weighted by Gasteiger charge is 2.54. The highest BCUT2D eigenvalue weighted by Crippen LogP contribution is 2.41. The summed E-state index contributed by atoms with van der Waals surface area (Å²) in [6.07, 6.45) is 3.51. The first-order valence-electron chi connectivity index (χ1n) is 14.8. The summed E-state index contributed by atoms with van der Waals surface area (Å²) in [4.78, 5) is 61.6. The smallest absolute Gasteiger partial charge is 0.407 e. The van der Waals surface area contributed by atoms with Gasteiger partial charge in [0.25, 0.3) is 11.8 Å². The summed E-state index contributed by atoms with van der Waals surface area (Å²) in [7, 11) is 0. The van der Waals surface area contributed by atoms with Crippen LogP contribution in [0.3, 0.4) is 0 Å². The van der Waals surface area contributed by atoms with Gasteiger partial charge in [0.1, 0.15) is 28.8 Å². The van der Waals surface area contributed by atoms with Crippen LogP contribution in [0.4, 0.5) is 9.93 Å². The minimum absolute atomic E-state index is 0.0185. The minimum atomic E-state index is -1.26. The van der Waals surface area contributed by atoms with Crippen molar-refractivity contribution in [3.05, 3.63) is 17.1 Å². The van der Waals surface area contributed by atoms with Crippen molar-refractivity contribution >= 4 is 69.8 Å². The fourth-order valence-corrected chi connectivity index (χ4v) is 7.79. The Morgan fingerprint density at radius 2 is 2.00 bits per heavy atom. The second-order valence-electron chi connectivity index (χ2n) is 11.8. The average Bonchev–Trinajstić information content (AvgIpc) is 3.79. The number of carboxylic acids is 1. The summed E-state index contributed by atoms with van der Waals surface area (Å²) in [5.41, 5.74) is 5.29. The summed E-state index contributed by atoms with van der Waals surface area (Å²) in [5, 5.41) is 31.2. The molecule has 18 nitrogen and oxygen atoms in total. The molecule has 4 heterocycles. The molecule has 1 saturated carbocycles. The first-order valence-corrected chi connectivity index (χ1v) is 17.6. The van der Waals surface area contributed by atoms with E-state index in [1.54, 1.807) is 25.5 Å². The minimum Gasteiger partial charge on any atom is -0.477 e. The lowest BCUT2D eigenvalue weighted by Crippen LogP contribution is -2.71. The van der Waals surface area contributed by atoms with Crippen LogP contribution in [-0.2, 0) is 30.5 Å². The number of hydrogen-bond donors (Lipinski definition) is 4. The predicted molar refractivity (Wildman–Crippen MR) is 171 cm³/mol. The van der Waals surface area contributed by atoms with Crippen molar-refractivity contribution in [3.8, 4) is 0 Å². The molecule has 2 atom stereocenters. The maximum Gasteiger partial charge on any atom is 0.407 e. The highest BCUT2D eigenvalue weighted by molar-refractivity contribution is 8.01. The van der Waals surface area contributed by atoms with Crippen LogP contribution in [0.15, 0.2) is 21.6 Å². The number of fused-ring (bicyclic) bond motifs is 1. The first kappa shape index (κ1) is 34.4. The summed E-state index contributed by atoms with van der Waals surface area (Å²) < 4.78 is 10.9. The lowest BCUT2D eigenvalue weighted by atomic mass is 10.0. The van der Waals surface area contributed by atoms with E-state index >= 15 is 0 Å². The normalized spacial score (nSPS) is 20.1. The van der Waals surface area contributed by atoms with Gasteiger partial charge in [0, 0.05) is 36.1 Å². The van der Waals surface area contributed by atoms with Gasteiger partial charge >= 0.3 is 12.1 Å². The van der Waals surface area contributed by atoms with Crippen LogP contribution in [0.1, 0.15) is 58.7 Å². The largest absolute Gasteiger partial charge is 0.477 e. The number of oxime groups is 1. The fourth-order valence-electron chi connectivity index (χ4n) is 4.97. The number of aromatic nitrogens is 6. The van der Waals surface area contributed by atoms with Crippen molar-refractivity contribution in [2.24, 2.45) is 5.16 Å². The second-order valence-corrected chi connectivity index (χ2v) is 14.6. The zero-order valence-electron chi connectivity index (χ0n) is 25.9. The van der Waals surface area contributed by atoms with Crippen molar-refractivity contribution in [3.63, 3.8) is 0 Å². The number of ether oxygens (including phenoxy) is 1. The molecule has 3 aliphatic rings. The number of nitrogen functional groups attached to an aromatic ring is 1. The Balaban J connectivity index is 1.19. The maximum atomic E-state index is 13.3. The van der Waals surface area contributed by atoms with E-state index in [4.69, 9.17) is 15.3 Å². The molecule has 0 aromatic carbocycles. The molecular formula is C26H35N11O7S3. The number of carbonyl (C=O) groups is 4. The van der Waals surface area contributed by atoms with Gasteiger partial charge in [-0.2, -0.15) is 9.36 Å². The number of carbonyl (C=O) groups excluding carboxylic acids is 3. The third-order valence-corrected chi connectivity index (χ3v) is 10.0. The van der Waals surface area contributed by atoms with Gasteiger partial charge in [0.2, 0.25) is 16.7 Å². The number of nitrogens with two attached hydrogens (primary N) is 1.